The van der Waals surface area contributed by atoms with Crippen LogP contribution in [0.3, 0.4) is 0 Å². The van der Waals surface area contributed by atoms with E-state index in [-0.39, 0.29) is 57.2 Å². The van der Waals surface area contributed by atoms with Gasteiger partial charge in [-0.3, -0.25) is 9.59 Å². The van der Waals surface area contributed by atoms with Gasteiger partial charge < -0.3 is 25.1 Å². The third kappa shape index (κ3) is 4.37. The molecule has 3 saturated carbocycles. The number of ether oxygens (including phenoxy) is 3. The van der Waals surface area contributed by atoms with Crippen LogP contribution in [0.15, 0.2) is 11.6 Å². The van der Waals surface area contributed by atoms with Gasteiger partial charge in [-0.2, -0.15) is 0 Å². The van der Waals surface area contributed by atoms with Crippen molar-refractivity contribution in [2.24, 2.45) is 62.4 Å². The van der Waals surface area contributed by atoms with Gasteiger partial charge >= 0.3 is 11.9 Å². The Morgan fingerprint density at radius 2 is 1.76 bits per heavy atom. The molecule has 12 atom stereocenters. The summed E-state index contributed by atoms with van der Waals surface area (Å²) in [5.74, 6) is -0.00283. The summed E-state index contributed by atoms with van der Waals surface area (Å²) in [7, 11) is 0. The number of carboxylic acid groups (broad SMARTS) is 1. The molecule has 1 heterocycles. The quantitative estimate of drug-likeness (QED) is 0.268. The predicted octanol–water partition coefficient (Wildman–Crippen LogP) is 6.24. The molecule has 7 nitrogen and oxygen atoms in total. The molecule has 0 spiro atoms. The molecule has 1 unspecified atom stereocenters. The van der Waals surface area contributed by atoms with Crippen LogP contribution in [0.1, 0.15) is 101 Å². The topological polar surface area (TPSA) is 108 Å². The smallest absolute Gasteiger partial charge is 0.307 e. The second kappa shape index (κ2) is 10.6. The highest BCUT2D eigenvalue weighted by atomic mass is 16.6. The molecule has 4 fully saturated rings. The van der Waals surface area contributed by atoms with Gasteiger partial charge in [0.1, 0.15) is 12.2 Å². The predicted molar refractivity (Wildman–Crippen MR) is 163 cm³/mol. The molecule has 238 valence electrons. The van der Waals surface area contributed by atoms with E-state index in [9.17, 15) is 14.7 Å². The van der Waals surface area contributed by atoms with Crippen molar-refractivity contribution in [1.29, 1.82) is 0 Å². The zero-order valence-corrected chi connectivity index (χ0v) is 27.6. The fourth-order valence-corrected chi connectivity index (χ4v) is 11.4. The minimum atomic E-state index is -0.641. The SMILES string of the molecule is CC(=O)O[C@@H]1C[C@@]23COC[C@](C)([C@@H]2CC[C@H]2C3=CC[C@@]3(C)[C@H](C(=O)O)[C@@](C)([C@H](C)C(C)C)CC[C@]23C)[C@H]1OCC(C)N. The lowest BCUT2D eigenvalue weighted by Gasteiger charge is -2.71. The number of esters is 1. The number of hydrogen-bond donors (Lipinski definition) is 2. The summed E-state index contributed by atoms with van der Waals surface area (Å²) in [6.07, 6.45) is 7.23. The molecule has 4 aliphatic carbocycles. The fourth-order valence-electron chi connectivity index (χ4n) is 11.4. The van der Waals surface area contributed by atoms with Gasteiger partial charge in [-0.05, 0) is 85.4 Å². The van der Waals surface area contributed by atoms with Crippen LogP contribution in [-0.4, -0.2) is 55.1 Å². The first-order valence-electron chi connectivity index (χ1n) is 16.5. The first-order chi connectivity index (χ1) is 19.5. The van der Waals surface area contributed by atoms with Crippen LogP contribution in [0.5, 0.6) is 0 Å². The molecule has 7 heteroatoms. The largest absolute Gasteiger partial charge is 0.481 e. The summed E-state index contributed by atoms with van der Waals surface area (Å²) < 4.78 is 19.1. The molecular formula is C35H57NO6. The molecule has 5 rings (SSSR count). The van der Waals surface area contributed by atoms with Crippen LogP contribution < -0.4 is 5.73 Å². The highest BCUT2D eigenvalue weighted by molar-refractivity contribution is 5.73. The van der Waals surface area contributed by atoms with Crippen molar-refractivity contribution in [1.82, 2.24) is 0 Å². The molecule has 2 bridgehead atoms. The number of allylic oxidation sites excluding steroid dienone is 1. The van der Waals surface area contributed by atoms with E-state index in [4.69, 9.17) is 19.9 Å². The van der Waals surface area contributed by atoms with Crippen molar-refractivity contribution in [3.8, 4) is 0 Å². The Hall–Kier alpha value is -1.44. The van der Waals surface area contributed by atoms with Crippen molar-refractivity contribution < 1.29 is 28.9 Å². The van der Waals surface area contributed by atoms with Crippen molar-refractivity contribution >= 4 is 11.9 Å². The van der Waals surface area contributed by atoms with Gasteiger partial charge in [0.15, 0.2) is 0 Å². The van der Waals surface area contributed by atoms with E-state index in [2.05, 4.69) is 54.5 Å². The number of nitrogens with two attached hydrogens (primary N) is 1. The van der Waals surface area contributed by atoms with E-state index in [0.29, 0.717) is 44.0 Å². The molecule has 0 aromatic heterocycles. The van der Waals surface area contributed by atoms with E-state index in [1.165, 1.54) is 12.5 Å². The molecule has 1 saturated heterocycles. The Labute approximate surface area is 253 Å². The van der Waals surface area contributed by atoms with Gasteiger partial charge in [-0.15, -0.1) is 0 Å². The Kier molecular flexibility index (Phi) is 8.05. The van der Waals surface area contributed by atoms with Crippen molar-refractivity contribution in [3.05, 3.63) is 11.6 Å². The van der Waals surface area contributed by atoms with Gasteiger partial charge in [0.25, 0.3) is 0 Å². The van der Waals surface area contributed by atoms with Crippen molar-refractivity contribution in [2.75, 3.05) is 19.8 Å². The number of carbonyl (C=O) groups excluding carboxylic acids is 1. The van der Waals surface area contributed by atoms with Gasteiger partial charge in [0, 0.05) is 23.8 Å². The zero-order valence-electron chi connectivity index (χ0n) is 27.6. The summed E-state index contributed by atoms with van der Waals surface area (Å²) in [5, 5.41) is 10.9. The zero-order chi connectivity index (χ0) is 31.0. The van der Waals surface area contributed by atoms with Crippen LogP contribution >= 0.6 is 0 Å². The van der Waals surface area contributed by atoms with Crippen LogP contribution in [0, 0.1) is 56.7 Å². The lowest BCUT2D eigenvalue weighted by atomic mass is 9.34. The summed E-state index contributed by atoms with van der Waals surface area (Å²) in [6, 6.07) is -0.116. The maximum Gasteiger partial charge on any atom is 0.307 e. The monoisotopic (exact) mass is 587 g/mol. The van der Waals surface area contributed by atoms with Crippen LogP contribution in [0.25, 0.3) is 0 Å². The van der Waals surface area contributed by atoms with E-state index < -0.39 is 11.9 Å². The average Bonchev–Trinajstić information content (AvgIpc) is 2.87. The van der Waals surface area contributed by atoms with Crippen LogP contribution in [0.4, 0.5) is 0 Å². The maximum absolute atomic E-state index is 13.3. The number of carbonyl (C=O) groups is 2. The Morgan fingerprint density at radius 3 is 2.36 bits per heavy atom. The first-order valence-corrected chi connectivity index (χ1v) is 16.5. The molecule has 0 aromatic rings. The van der Waals surface area contributed by atoms with E-state index in [0.717, 1.165) is 32.1 Å². The molecule has 0 aromatic carbocycles. The van der Waals surface area contributed by atoms with E-state index >= 15 is 0 Å². The summed E-state index contributed by atoms with van der Waals surface area (Å²) in [6.45, 7) is 21.0. The number of fused-ring (bicyclic) bond motifs is 3. The molecule has 5 aliphatic rings. The molecular weight excluding hydrogens is 530 g/mol. The minimum absolute atomic E-state index is 0.116. The molecule has 42 heavy (non-hydrogen) atoms. The van der Waals surface area contributed by atoms with Gasteiger partial charge in [-0.25, -0.2) is 0 Å². The van der Waals surface area contributed by atoms with Crippen LogP contribution in [0.2, 0.25) is 0 Å². The van der Waals surface area contributed by atoms with Crippen molar-refractivity contribution in [2.45, 2.75) is 119 Å². The van der Waals surface area contributed by atoms with Gasteiger partial charge in [0.2, 0.25) is 0 Å². The molecule has 0 amide bonds. The second-order valence-electron chi connectivity index (χ2n) is 16.4. The Balaban J connectivity index is 1.60. The lowest BCUT2D eigenvalue weighted by molar-refractivity contribution is -0.267. The molecule has 0 radical (unpaired) electrons. The number of rotatable bonds is 7. The van der Waals surface area contributed by atoms with E-state index in [1.54, 1.807) is 0 Å². The third-order valence-corrected chi connectivity index (χ3v) is 13.9. The summed E-state index contributed by atoms with van der Waals surface area (Å²) >= 11 is 0. The number of carboxylic acids is 1. The number of aliphatic carboxylic acids is 1. The average molecular weight is 588 g/mol. The molecule has 3 N–H and O–H groups in total. The minimum Gasteiger partial charge on any atom is -0.481 e. The van der Waals surface area contributed by atoms with Gasteiger partial charge in [-0.1, -0.05) is 60.1 Å². The highest BCUT2D eigenvalue weighted by Crippen LogP contribution is 2.75. The van der Waals surface area contributed by atoms with Gasteiger partial charge in [0.05, 0.1) is 25.7 Å². The maximum atomic E-state index is 13.3. The highest BCUT2D eigenvalue weighted by Gasteiger charge is 2.72. The number of hydrogen-bond acceptors (Lipinski definition) is 6. The second-order valence-corrected chi connectivity index (χ2v) is 16.4. The van der Waals surface area contributed by atoms with Crippen molar-refractivity contribution in [3.63, 3.8) is 0 Å². The summed E-state index contributed by atoms with van der Waals surface area (Å²) in [4.78, 5) is 25.7. The normalized spacial score (nSPS) is 47.8. The lowest BCUT2D eigenvalue weighted by Crippen LogP contribution is -2.70. The van der Waals surface area contributed by atoms with E-state index in [1.807, 2.05) is 6.92 Å². The standard InChI is InChI=1S/C35H57NO6/c1-20(2)22(4)31(6)14-15-33(8)24-10-11-27-32(7)18-40-19-35(27,25(24)12-13-34(33,9)28(31)30(38)39)16-26(42-23(5)37)29(32)41-17-21(3)36/h12,20-22,24,26-29H,10-11,13-19,36H2,1-9H3,(H,38,39)/t21?,22-,24+,26-,27+,28-,29+,31-,32-,33-,34+,35+/m1/s1. The van der Waals surface area contributed by atoms with Crippen LogP contribution in [-0.2, 0) is 23.8 Å². The fraction of sp³-hybridized carbons (Fsp3) is 0.886. The Bertz CT molecular complexity index is 1120. The molecule has 1 aliphatic heterocycles. The third-order valence-electron chi connectivity index (χ3n) is 13.9. The summed E-state index contributed by atoms with van der Waals surface area (Å²) in [5.41, 5.74) is 6.20. The Morgan fingerprint density at radius 1 is 1.07 bits per heavy atom. The first kappa shape index (κ1) is 32.0.